The number of benzene rings is 2. The molecule has 0 N–H and O–H groups in total. The van der Waals surface area contributed by atoms with Crippen LogP contribution in [0, 0.1) is 6.92 Å². The van der Waals surface area contributed by atoms with E-state index in [1.165, 1.54) is 4.31 Å². The van der Waals surface area contributed by atoms with Gasteiger partial charge in [-0.3, -0.25) is 9.10 Å². The maximum absolute atomic E-state index is 13.1. The quantitative estimate of drug-likeness (QED) is 0.703. The first-order valence-electron chi connectivity index (χ1n) is 9.94. The van der Waals surface area contributed by atoms with Gasteiger partial charge in [0.1, 0.15) is 11.8 Å². The van der Waals surface area contributed by atoms with Crippen LogP contribution < -0.4 is 13.9 Å². The molecule has 1 amide bonds. The number of amides is 1. The molecule has 0 bridgehead atoms. The molecule has 2 aromatic carbocycles. The number of ether oxygens (including phenoxy) is 1. The highest BCUT2D eigenvalue weighted by molar-refractivity contribution is 7.92. The van der Waals surface area contributed by atoms with Crippen LogP contribution in [0.3, 0.4) is 0 Å². The zero-order valence-corrected chi connectivity index (χ0v) is 18.7. The Morgan fingerprint density at radius 3 is 2.07 bits per heavy atom. The lowest BCUT2D eigenvalue weighted by atomic mass is 10.2. The predicted molar refractivity (Wildman–Crippen MR) is 120 cm³/mol. The number of anilines is 2. The molecule has 1 fully saturated rings. The monoisotopic (exact) mass is 431 g/mol. The topological polar surface area (TPSA) is 70.2 Å². The average molecular weight is 432 g/mol. The van der Waals surface area contributed by atoms with E-state index in [2.05, 4.69) is 4.90 Å². The third-order valence-corrected chi connectivity index (χ3v) is 6.63. The molecular formula is C22H29N3O4S. The summed E-state index contributed by atoms with van der Waals surface area (Å²) in [6.07, 6.45) is 1.14. The largest absolute Gasteiger partial charge is 0.497 e. The molecule has 0 saturated carbocycles. The fraction of sp³-hybridized carbons (Fsp3) is 0.409. The molecule has 1 aliphatic heterocycles. The Balaban J connectivity index is 1.70. The van der Waals surface area contributed by atoms with Crippen molar-refractivity contribution in [3.63, 3.8) is 0 Å². The minimum Gasteiger partial charge on any atom is -0.497 e. The fourth-order valence-electron chi connectivity index (χ4n) is 3.74. The second-order valence-electron chi connectivity index (χ2n) is 7.58. The van der Waals surface area contributed by atoms with Crippen LogP contribution in [0.15, 0.2) is 48.5 Å². The summed E-state index contributed by atoms with van der Waals surface area (Å²) in [5, 5.41) is 0. The predicted octanol–water partition coefficient (Wildman–Crippen LogP) is 2.51. The average Bonchev–Trinajstić information content (AvgIpc) is 2.74. The molecule has 162 valence electrons. The van der Waals surface area contributed by atoms with Crippen molar-refractivity contribution in [1.82, 2.24) is 4.90 Å². The molecule has 1 heterocycles. The first-order chi connectivity index (χ1) is 14.2. The number of sulfonamides is 1. The molecule has 1 saturated heterocycles. The SMILES string of the molecule is COc1ccc(N2CCN(C(=O)[C@H](C)N(c3ccc(C)cc3)S(C)(=O)=O)CC2)cc1. The van der Waals surface area contributed by atoms with Gasteiger partial charge in [0.2, 0.25) is 15.9 Å². The number of nitrogens with zero attached hydrogens (tertiary/aromatic N) is 3. The second-order valence-corrected chi connectivity index (χ2v) is 9.44. The number of carbonyl (C=O) groups is 1. The van der Waals surface area contributed by atoms with E-state index in [1.54, 1.807) is 31.1 Å². The van der Waals surface area contributed by atoms with E-state index in [0.717, 1.165) is 23.3 Å². The first-order valence-corrected chi connectivity index (χ1v) is 11.8. The number of carbonyl (C=O) groups excluding carboxylic acids is 1. The molecule has 1 aliphatic rings. The van der Waals surface area contributed by atoms with Crippen LogP contribution >= 0.6 is 0 Å². The Hall–Kier alpha value is -2.74. The molecule has 3 rings (SSSR count). The van der Waals surface area contributed by atoms with Gasteiger partial charge in [0, 0.05) is 31.9 Å². The van der Waals surface area contributed by atoms with Gasteiger partial charge in [-0.15, -0.1) is 0 Å². The number of hydrogen-bond acceptors (Lipinski definition) is 5. The summed E-state index contributed by atoms with van der Waals surface area (Å²) in [7, 11) is -1.97. The molecule has 8 heteroatoms. The van der Waals surface area contributed by atoms with E-state index in [9.17, 15) is 13.2 Å². The van der Waals surface area contributed by atoms with Crippen molar-refractivity contribution < 1.29 is 17.9 Å². The highest BCUT2D eigenvalue weighted by Crippen LogP contribution is 2.24. The van der Waals surface area contributed by atoms with Gasteiger partial charge < -0.3 is 14.5 Å². The van der Waals surface area contributed by atoms with Crippen molar-refractivity contribution in [2.45, 2.75) is 19.9 Å². The Kier molecular flexibility index (Phi) is 6.55. The second kappa shape index (κ2) is 8.95. The number of methoxy groups -OCH3 is 1. The molecule has 2 aromatic rings. The molecule has 0 spiro atoms. The fourth-order valence-corrected chi connectivity index (χ4v) is 4.91. The summed E-state index contributed by atoms with van der Waals surface area (Å²) < 4.78 is 31.4. The van der Waals surface area contributed by atoms with Crippen molar-refractivity contribution in [3.8, 4) is 5.75 Å². The van der Waals surface area contributed by atoms with Crippen LogP contribution in [-0.2, 0) is 14.8 Å². The summed E-state index contributed by atoms with van der Waals surface area (Å²) in [6, 6.07) is 14.2. The molecule has 7 nitrogen and oxygen atoms in total. The third-order valence-electron chi connectivity index (χ3n) is 5.38. The summed E-state index contributed by atoms with van der Waals surface area (Å²) >= 11 is 0. The van der Waals surface area contributed by atoms with Gasteiger partial charge in [0.25, 0.3) is 0 Å². The zero-order chi connectivity index (χ0) is 21.9. The van der Waals surface area contributed by atoms with E-state index in [0.29, 0.717) is 31.9 Å². The number of rotatable bonds is 6. The number of piperazine rings is 1. The van der Waals surface area contributed by atoms with Crippen LogP contribution in [0.25, 0.3) is 0 Å². The molecule has 30 heavy (non-hydrogen) atoms. The van der Waals surface area contributed by atoms with E-state index >= 15 is 0 Å². The standard InChI is InChI=1S/C22H29N3O4S/c1-17-5-7-20(8-6-17)25(30(4,27)28)18(2)22(26)24-15-13-23(14-16-24)19-9-11-21(29-3)12-10-19/h5-12,18H,13-16H2,1-4H3/t18-/m0/s1. The van der Waals surface area contributed by atoms with E-state index in [-0.39, 0.29) is 5.91 Å². The van der Waals surface area contributed by atoms with Gasteiger partial charge in [-0.05, 0) is 50.2 Å². The van der Waals surface area contributed by atoms with Crippen LogP contribution in [0.5, 0.6) is 5.75 Å². The molecular weight excluding hydrogens is 402 g/mol. The maximum atomic E-state index is 13.1. The minimum atomic E-state index is -3.61. The number of aryl methyl sites for hydroxylation is 1. The van der Waals surface area contributed by atoms with Gasteiger partial charge >= 0.3 is 0 Å². The highest BCUT2D eigenvalue weighted by Gasteiger charge is 2.33. The van der Waals surface area contributed by atoms with Gasteiger partial charge in [0.05, 0.1) is 19.1 Å². The molecule has 0 aromatic heterocycles. The molecule has 0 unspecified atom stereocenters. The van der Waals surface area contributed by atoms with Crippen LogP contribution in [0.1, 0.15) is 12.5 Å². The van der Waals surface area contributed by atoms with Crippen molar-refractivity contribution in [1.29, 1.82) is 0 Å². The lowest BCUT2D eigenvalue weighted by Crippen LogP contribution is -2.55. The van der Waals surface area contributed by atoms with Crippen molar-refractivity contribution in [2.75, 3.05) is 48.7 Å². The van der Waals surface area contributed by atoms with Gasteiger partial charge in [0.15, 0.2) is 0 Å². The first kappa shape index (κ1) is 22.0. The van der Waals surface area contributed by atoms with Gasteiger partial charge in [-0.25, -0.2) is 8.42 Å². The minimum absolute atomic E-state index is 0.185. The van der Waals surface area contributed by atoms with E-state index in [4.69, 9.17) is 4.74 Å². The van der Waals surface area contributed by atoms with Crippen LogP contribution in [-0.4, -0.2) is 64.8 Å². The van der Waals surface area contributed by atoms with Gasteiger partial charge in [-0.1, -0.05) is 17.7 Å². The van der Waals surface area contributed by atoms with Crippen molar-refractivity contribution in [3.05, 3.63) is 54.1 Å². The summed E-state index contributed by atoms with van der Waals surface area (Å²) in [4.78, 5) is 17.1. The van der Waals surface area contributed by atoms with Crippen LogP contribution in [0.4, 0.5) is 11.4 Å². The Labute approximate surface area is 178 Å². The van der Waals surface area contributed by atoms with E-state index in [1.807, 2.05) is 43.3 Å². The Morgan fingerprint density at radius 1 is 1.00 bits per heavy atom. The van der Waals surface area contributed by atoms with E-state index < -0.39 is 16.1 Å². The lowest BCUT2D eigenvalue weighted by molar-refractivity contribution is -0.132. The summed E-state index contributed by atoms with van der Waals surface area (Å²) in [6.45, 7) is 6.05. The smallest absolute Gasteiger partial charge is 0.246 e. The molecule has 1 atom stereocenters. The van der Waals surface area contributed by atoms with Crippen LogP contribution in [0.2, 0.25) is 0 Å². The zero-order valence-electron chi connectivity index (χ0n) is 17.9. The molecule has 0 radical (unpaired) electrons. The van der Waals surface area contributed by atoms with Crippen molar-refractivity contribution in [2.24, 2.45) is 0 Å². The molecule has 0 aliphatic carbocycles. The number of hydrogen-bond donors (Lipinski definition) is 0. The normalized spacial score (nSPS) is 15.6. The highest BCUT2D eigenvalue weighted by atomic mass is 32.2. The summed E-state index contributed by atoms with van der Waals surface area (Å²) in [5.74, 6) is 0.619. The van der Waals surface area contributed by atoms with Gasteiger partial charge in [-0.2, -0.15) is 0 Å². The van der Waals surface area contributed by atoms with Crippen molar-refractivity contribution >= 4 is 27.3 Å². The Bertz CT molecular complexity index is 966. The lowest BCUT2D eigenvalue weighted by Gasteiger charge is -2.39. The third kappa shape index (κ3) is 4.87. The summed E-state index contributed by atoms with van der Waals surface area (Å²) in [5.41, 5.74) is 2.61. The maximum Gasteiger partial charge on any atom is 0.246 e. The Morgan fingerprint density at radius 2 is 1.57 bits per heavy atom.